The number of anilines is 1. The summed E-state index contributed by atoms with van der Waals surface area (Å²) in [5, 5.41) is 18.0. The topological polar surface area (TPSA) is 64.3 Å². The highest BCUT2D eigenvalue weighted by atomic mass is 79.9. The standard InChI is InChI=1S/C13H15BrN2O2/c1-3-16(8-9(2)13(17)18)12-6-11(14)5-4-10(12)7-15/h4-6,9H,3,8H2,1-2H3,(H,17,18). The zero-order chi connectivity index (χ0) is 13.7. The van der Waals surface area contributed by atoms with Gasteiger partial charge in [0, 0.05) is 17.6 Å². The highest BCUT2D eigenvalue weighted by Crippen LogP contribution is 2.25. The number of carboxylic acids is 1. The van der Waals surface area contributed by atoms with Crippen molar-refractivity contribution in [3.05, 3.63) is 28.2 Å². The van der Waals surface area contributed by atoms with Crippen molar-refractivity contribution < 1.29 is 9.90 Å². The second kappa shape index (κ2) is 6.41. The molecule has 1 N–H and O–H groups in total. The highest BCUT2D eigenvalue weighted by molar-refractivity contribution is 9.10. The van der Waals surface area contributed by atoms with Crippen LogP contribution in [0.25, 0.3) is 0 Å². The third-order valence-electron chi connectivity index (χ3n) is 2.72. The molecule has 0 amide bonds. The second-order valence-electron chi connectivity index (χ2n) is 4.05. The van der Waals surface area contributed by atoms with E-state index < -0.39 is 11.9 Å². The van der Waals surface area contributed by atoms with E-state index in [1.54, 1.807) is 19.1 Å². The van der Waals surface area contributed by atoms with Gasteiger partial charge >= 0.3 is 5.97 Å². The molecule has 0 aliphatic rings. The van der Waals surface area contributed by atoms with Crippen molar-refractivity contribution in [2.24, 2.45) is 5.92 Å². The van der Waals surface area contributed by atoms with E-state index in [1.165, 1.54) is 0 Å². The first-order valence-electron chi connectivity index (χ1n) is 5.67. The van der Waals surface area contributed by atoms with Crippen molar-refractivity contribution in [2.75, 3.05) is 18.0 Å². The summed E-state index contributed by atoms with van der Waals surface area (Å²) in [6.07, 6.45) is 0. The van der Waals surface area contributed by atoms with Crippen LogP contribution < -0.4 is 4.90 Å². The monoisotopic (exact) mass is 310 g/mol. The molecule has 0 aliphatic carbocycles. The number of nitriles is 1. The van der Waals surface area contributed by atoms with Gasteiger partial charge in [0.15, 0.2) is 0 Å². The number of nitrogens with zero attached hydrogens (tertiary/aromatic N) is 2. The van der Waals surface area contributed by atoms with Gasteiger partial charge in [-0.2, -0.15) is 5.26 Å². The third kappa shape index (κ3) is 3.47. The molecule has 96 valence electrons. The molecule has 0 spiro atoms. The molecule has 0 aromatic heterocycles. The van der Waals surface area contributed by atoms with Crippen LogP contribution in [0.2, 0.25) is 0 Å². The molecular weight excluding hydrogens is 296 g/mol. The Bertz CT molecular complexity index is 482. The fraction of sp³-hybridized carbons (Fsp3) is 0.385. The van der Waals surface area contributed by atoms with Crippen LogP contribution in [0.4, 0.5) is 5.69 Å². The molecule has 4 nitrogen and oxygen atoms in total. The maximum absolute atomic E-state index is 10.9. The predicted octanol–water partition coefficient (Wildman–Crippen LogP) is 2.87. The Labute approximate surface area is 115 Å². The molecule has 0 radical (unpaired) electrons. The number of benzene rings is 1. The van der Waals surface area contributed by atoms with E-state index in [0.717, 1.165) is 10.2 Å². The summed E-state index contributed by atoms with van der Waals surface area (Å²) in [5.74, 6) is -1.31. The molecule has 0 saturated heterocycles. The molecule has 1 rings (SSSR count). The molecule has 0 aliphatic heterocycles. The van der Waals surface area contributed by atoms with Crippen LogP contribution in [0.1, 0.15) is 19.4 Å². The maximum atomic E-state index is 10.9. The van der Waals surface area contributed by atoms with Gasteiger partial charge in [0.1, 0.15) is 6.07 Å². The maximum Gasteiger partial charge on any atom is 0.308 e. The number of carboxylic acid groups (broad SMARTS) is 1. The van der Waals surface area contributed by atoms with E-state index in [1.807, 2.05) is 17.9 Å². The summed E-state index contributed by atoms with van der Waals surface area (Å²) < 4.78 is 0.873. The molecular formula is C13H15BrN2O2. The zero-order valence-corrected chi connectivity index (χ0v) is 11.9. The molecule has 1 atom stereocenters. The van der Waals surface area contributed by atoms with Crippen LogP contribution in [-0.2, 0) is 4.79 Å². The van der Waals surface area contributed by atoms with E-state index in [2.05, 4.69) is 22.0 Å². The van der Waals surface area contributed by atoms with Crippen molar-refractivity contribution in [1.82, 2.24) is 0 Å². The van der Waals surface area contributed by atoms with E-state index in [0.29, 0.717) is 18.7 Å². The Hall–Kier alpha value is -1.54. The summed E-state index contributed by atoms with van der Waals surface area (Å²) in [7, 11) is 0. The lowest BCUT2D eigenvalue weighted by molar-refractivity contribution is -0.140. The Balaban J connectivity index is 3.05. The molecule has 1 aromatic carbocycles. The van der Waals surface area contributed by atoms with Gasteiger partial charge in [0.05, 0.1) is 17.2 Å². The summed E-state index contributed by atoms with van der Waals surface area (Å²) in [5.41, 5.74) is 1.32. The first-order valence-corrected chi connectivity index (χ1v) is 6.46. The lowest BCUT2D eigenvalue weighted by Crippen LogP contribution is -2.32. The Morgan fingerprint density at radius 3 is 2.78 bits per heavy atom. The smallest absolute Gasteiger partial charge is 0.308 e. The number of hydrogen-bond donors (Lipinski definition) is 1. The van der Waals surface area contributed by atoms with Crippen LogP contribution >= 0.6 is 15.9 Å². The van der Waals surface area contributed by atoms with E-state index in [-0.39, 0.29) is 0 Å². The Morgan fingerprint density at radius 2 is 2.28 bits per heavy atom. The van der Waals surface area contributed by atoms with Crippen LogP contribution in [0.3, 0.4) is 0 Å². The van der Waals surface area contributed by atoms with Gasteiger partial charge in [-0.25, -0.2) is 0 Å². The minimum Gasteiger partial charge on any atom is -0.481 e. The first kappa shape index (κ1) is 14.5. The van der Waals surface area contributed by atoms with Crippen molar-refractivity contribution in [3.8, 4) is 6.07 Å². The normalized spacial score (nSPS) is 11.7. The minimum atomic E-state index is -0.832. The molecule has 1 unspecified atom stereocenters. The van der Waals surface area contributed by atoms with Crippen LogP contribution in [-0.4, -0.2) is 24.2 Å². The second-order valence-corrected chi connectivity index (χ2v) is 4.97. The van der Waals surface area contributed by atoms with Crippen molar-refractivity contribution >= 4 is 27.6 Å². The summed E-state index contributed by atoms with van der Waals surface area (Å²) in [4.78, 5) is 12.8. The molecule has 0 saturated carbocycles. The van der Waals surface area contributed by atoms with Gasteiger partial charge < -0.3 is 10.0 Å². The summed E-state index contributed by atoms with van der Waals surface area (Å²) in [6.45, 7) is 4.64. The minimum absolute atomic E-state index is 0.386. The van der Waals surface area contributed by atoms with Gasteiger partial charge in [-0.1, -0.05) is 22.9 Å². The molecule has 5 heteroatoms. The first-order chi connectivity index (χ1) is 8.49. The summed E-state index contributed by atoms with van der Waals surface area (Å²) >= 11 is 3.37. The number of halogens is 1. The molecule has 1 aromatic rings. The Kier molecular flexibility index (Phi) is 5.17. The van der Waals surface area contributed by atoms with Crippen molar-refractivity contribution in [1.29, 1.82) is 5.26 Å². The fourth-order valence-corrected chi connectivity index (χ4v) is 2.02. The van der Waals surface area contributed by atoms with E-state index in [9.17, 15) is 4.79 Å². The third-order valence-corrected chi connectivity index (χ3v) is 3.21. The molecule has 18 heavy (non-hydrogen) atoms. The zero-order valence-electron chi connectivity index (χ0n) is 10.4. The number of hydrogen-bond acceptors (Lipinski definition) is 3. The highest BCUT2D eigenvalue weighted by Gasteiger charge is 2.17. The van der Waals surface area contributed by atoms with Gasteiger partial charge in [0.2, 0.25) is 0 Å². The lowest BCUT2D eigenvalue weighted by atomic mass is 10.1. The Morgan fingerprint density at radius 1 is 1.61 bits per heavy atom. The van der Waals surface area contributed by atoms with Gasteiger partial charge in [-0.3, -0.25) is 4.79 Å². The van der Waals surface area contributed by atoms with E-state index >= 15 is 0 Å². The lowest BCUT2D eigenvalue weighted by Gasteiger charge is -2.26. The van der Waals surface area contributed by atoms with Crippen LogP contribution in [0.15, 0.2) is 22.7 Å². The quantitative estimate of drug-likeness (QED) is 0.908. The summed E-state index contributed by atoms with van der Waals surface area (Å²) in [6, 6.07) is 7.51. The average molecular weight is 311 g/mol. The van der Waals surface area contributed by atoms with Crippen molar-refractivity contribution in [2.45, 2.75) is 13.8 Å². The molecule has 0 bridgehead atoms. The molecule has 0 fully saturated rings. The fourth-order valence-electron chi connectivity index (χ4n) is 1.67. The average Bonchev–Trinajstić information content (AvgIpc) is 2.35. The van der Waals surface area contributed by atoms with Gasteiger partial charge in [0.25, 0.3) is 0 Å². The SMILES string of the molecule is CCN(CC(C)C(=O)O)c1cc(Br)ccc1C#N. The van der Waals surface area contributed by atoms with Crippen LogP contribution in [0, 0.1) is 17.2 Å². The van der Waals surface area contributed by atoms with Crippen LogP contribution in [0.5, 0.6) is 0 Å². The predicted molar refractivity (Wildman–Crippen MR) is 73.5 cm³/mol. The number of aliphatic carboxylic acids is 1. The number of carbonyl (C=O) groups is 1. The van der Waals surface area contributed by atoms with Gasteiger partial charge in [-0.05, 0) is 25.1 Å². The van der Waals surface area contributed by atoms with Gasteiger partial charge in [-0.15, -0.1) is 0 Å². The molecule has 0 heterocycles. The number of rotatable bonds is 5. The van der Waals surface area contributed by atoms with Crippen molar-refractivity contribution in [3.63, 3.8) is 0 Å². The van der Waals surface area contributed by atoms with E-state index in [4.69, 9.17) is 10.4 Å². The largest absolute Gasteiger partial charge is 0.481 e.